The first-order valence-electron chi connectivity index (χ1n) is 7.05. The van der Waals surface area contributed by atoms with E-state index < -0.39 is 5.91 Å². The molecule has 0 saturated heterocycles. The van der Waals surface area contributed by atoms with E-state index in [1.807, 2.05) is 17.5 Å². The summed E-state index contributed by atoms with van der Waals surface area (Å²) in [6, 6.07) is 8.86. The van der Waals surface area contributed by atoms with E-state index in [9.17, 15) is 4.79 Å². The predicted molar refractivity (Wildman–Crippen MR) is 96.3 cm³/mol. The highest BCUT2D eigenvalue weighted by atomic mass is 35.5. The molecule has 0 bridgehead atoms. The van der Waals surface area contributed by atoms with E-state index in [0.717, 1.165) is 4.88 Å². The number of hydrogen-bond donors (Lipinski definition) is 2. The van der Waals surface area contributed by atoms with Crippen LogP contribution in [0.5, 0.6) is 5.88 Å². The molecule has 1 aliphatic rings. The molecular formula is C15H9ClN6O2S. The van der Waals surface area contributed by atoms with Gasteiger partial charge in [-0.3, -0.25) is 10.2 Å². The smallest absolute Gasteiger partial charge is 0.328 e. The van der Waals surface area contributed by atoms with Crippen molar-refractivity contribution in [3.05, 3.63) is 45.6 Å². The third kappa shape index (κ3) is 3.28. The molecular weight excluding hydrogens is 364 g/mol. The van der Waals surface area contributed by atoms with Gasteiger partial charge in [-0.15, -0.1) is 16.4 Å². The van der Waals surface area contributed by atoms with Crippen molar-refractivity contribution >= 4 is 57.8 Å². The normalized spacial score (nSPS) is 13.1. The highest BCUT2D eigenvalue weighted by molar-refractivity contribution is 7.11. The number of halogens is 1. The monoisotopic (exact) mass is 372 g/mol. The van der Waals surface area contributed by atoms with E-state index in [0.29, 0.717) is 21.9 Å². The highest BCUT2D eigenvalue weighted by Gasteiger charge is 2.23. The van der Waals surface area contributed by atoms with Gasteiger partial charge in [-0.05, 0) is 29.6 Å². The van der Waals surface area contributed by atoms with Gasteiger partial charge in [0.05, 0.1) is 17.2 Å². The molecule has 0 radical (unpaired) electrons. The van der Waals surface area contributed by atoms with Crippen LogP contribution in [0, 0.1) is 0 Å². The number of hydrogen-bond acceptors (Lipinski definition) is 8. The summed E-state index contributed by atoms with van der Waals surface area (Å²) in [7, 11) is 0. The van der Waals surface area contributed by atoms with Crippen LogP contribution in [0.2, 0.25) is 5.02 Å². The number of nitrogens with zero attached hydrogens (tertiary/aromatic N) is 4. The van der Waals surface area contributed by atoms with Gasteiger partial charge in [0.1, 0.15) is 0 Å². The summed E-state index contributed by atoms with van der Waals surface area (Å²) in [6.07, 6.45) is 1.53. The molecule has 0 unspecified atom stereocenters. The van der Waals surface area contributed by atoms with E-state index in [4.69, 9.17) is 16.3 Å². The first kappa shape index (κ1) is 15.5. The molecule has 0 fully saturated rings. The Balaban J connectivity index is 1.51. The van der Waals surface area contributed by atoms with Crippen molar-refractivity contribution < 1.29 is 9.53 Å². The Bertz CT molecular complexity index is 1020. The predicted octanol–water partition coefficient (Wildman–Crippen LogP) is 2.61. The molecule has 1 aromatic carbocycles. The van der Waals surface area contributed by atoms with Gasteiger partial charge in [0, 0.05) is 9.90 Å². The number of aromatic nitrogens is 2. The van der Waals surface area contributed by atoms with Gasteiger partial charge in [-0.1, -0.05) is 17.7 Å². The van der Waals surface area contributed by atoms with Crippen molar-refractivity contribution in [1.82, 2.24) is 15.4 Å². The molecule has 4 rings (SSSR count). The van der Waals surface area contributed by atoms with Gasteiger partial charge < -0.3 is 4.74 Å². The molecule has 0 aliphatic carbocycles. The third-order valence-corrected chi connectivity index (χ3v) is 4.19. The Kier molecular flexibility index (Phi) is 4.00. The average Bonchev–Trinajstić information content (AvgIpc) is 3.12. The SMILES string of the molecule is O=C(N/N=C/c1cccs1)C1=NNc2nc3ccc(Cl)cc3nc2O1. The summed E-state index contributed by atoms with van der Waals surface area (Å²) in [5, 5.41) is 10.1. The van der Waals surface area contributed by atoms with Crippen molar-refractivity contribution in [1.29, 1.82) is 0 Å². The number of benzene rings is 1. The molecule has 2 aromatic heterocycles. The lowest BCUT2D eigenvalue weighted by molar-refractivity contribution is -0.115. The number of amides is 1. The maximum atomic E-state index is 12.1. The summed E-state index contributed by atoms with van der Waals surface area (Å²) in [5.74, 6) is -0.379. The van der Waals surface area contributed by atoms with Crippen LogP contribution in [0.4, 0.5) is 5.82 Å². The lowest BCUT2D eigenvalue weighted by Gasteiger charge is -2.15. The molecule has 0 atom stereocenters. The number of thiophene rings is 1. The number of rotatable bonds is 3. The zero-order valence-electron chi connectivity index (χ0n) is 12.4. The Labute approximate surface area is 150 Å². The highest BCUT2D eigenvalue weighted by Crippen LogP contribution is 2.27. The fraction of sp³-hybridized carbons (Fsp3) is 0. The Morgan fingerprint density at radius 1 is 1.32 bits per heavy atom. The average molecular weight is 373 g/mol. The fourth-order valence-electron chi connectivity index (χ4n) is 2.04. The maximum absolute atomic E-state index is 12.1. The van der Waals surface area contributed by atoms with Gasteiger partial charge in [0.25, 0.3) is 5.88 Å². The van der Waals surface area contributed by atoms with Gasteiger partial charge in [0.2, 0.25) is 5.82 Å². The number of fused-ring (bicyclic) bond motifs is 2. The van der Waals surface area contributed by atoms with Crippen LogP contribution in [0.25, 0.3) is 11.0 Å². The quantitative estimate of drug-likeness (QED) is 0.543. The summed E-state index contributed by atoms with van der Waals surface area (Å²) >= 11 is 7.45. The Hall–Kier alpha value is -3.04. The van der Waals surface area contributed by atoms with Gasteiger partial charge in [-0.2, -0.15) is 5.10 Å². The molecule has 3 heterocycles. The van der Waals surface area contributed by atoms with Gasteiger partial charge >= 0.3 is 11.8 Å². The van der Waals surface area contributed by atoms with Crippen LogP contribution in [0.3, 0.4) is 0 Å². The van der Waals surface area contributed by atoms with E-state index in [1.54, 1.807) is 18.2 Å². The number of ether oxygens (including phenoxy) is 1. The summed E-state index contributed by atoms with van der Waals surface area (Å²) < 4.78 is 5.42. The first-order valence-corrected chi connectivity index (χ1v) is 8.30. The van der Waals surface area contributed by atoms with E-state index in [1.165, 1.54) is 17.6 Å². The zero-order chi connectivity index (χ0) is 17.2. The van der Waals surface area contributed by atoms with Crippen LogP contribution in [0.1, 0.15) is 4.88 Å². The lowest BCUT2D eigenvalue weighted by atomic mass is 10.3. The third-order valence-electron chi connectivity index (χ3n) is 3.15. The second-order valence-corrected chi connectivity index (χ2v) is 6.27. The molecule has 25 heavy (non-hydrogen) atoms. The van der Waals surface area contributed by atoms with Crippen molar-refractivity contribution in [2.75, 3.05) is 5.43 Å². The largest absolute Gasteiger partial charge is 0.411 e. The minimum absolute atomic E-state index is 0.136. The van der Waals surface area contributed by atoms with Crippen LogP contribution in [-0.2, 0) is 4.79 Å². The van der Waals surface area contributed by atoms with Crippen LogP contribution >= 0.6 is 22.9 Å². The minimum Gasteiger partial charge on any atom is -0.411 e. The first-order chi connectivity index (χ1) is 12.2. The number of anilines is 1. The number of carbonyl (C=O) groups is 1. The topological polar surface area (TPSA) is 101 Å². The Morgan fingerprint density at radius 3 is 3.08 bits per heavy atom. The van der Waals surface area contributed by atoms with Crippen molar-refractivity contribution in [2.45, 2.75) is 0 Å². The second kappa shape index (κ2) is 6.46. The minimum atomic E-state index is -0.612. The number of hydrazone groups is 2. The summed E-state index contributed by atoms with van der Waals surface area (Å²) in [6.45, 7) is 0. The van der Waals surface area contributed by atoms with Gasteiger partial charge in [-0.25, -0.2) is 15.4 Å². The molecule has 8 nitrogen and oxygen atoms in total. The lowest BCUT2D eigenvalue weighted by Crippen LogP contribution is -2.34. The van der Waals surface area contributed by atoms with Crippen molar-refractivity contribution in [2.24, 2.45) is 10.2 Å². The summed E-state index contributed by atoms with van der Waals surface area (Å²) in [4.78, 5) is 21.6. The van der Waals surface area contributed by atoms with E-state index >= 15 is 0 Å². The standard InChI is InChI=1S/C15H9ClN6O2S/c16-8-3-4-10-11(6-8)19-14-12(18-10)20-22-15(24-14)13(23)21-17-7-9-2-1-5-25-9/h1-7H,(H,18,20)(H,21,23)/b17-7+. The van der Waals surface area contributed by atoms with Crippen LogP contribution in [-0.4, -0.2) is 28.0 Å². The molecule has 10 heteroatoms. The number of nitrogens with one attached hydrogen (secondary N) is 2. The fourth-order valence-corrected chi connectivity index (χ4v) is 2.79. The van der Waals surface area contributed by atoms with Crippen molar-refractivity contribution in [3.8, 4) is 5.88 Å². The second-order valence-electron chi connectivity index (χ2n) is 4.86. The Morgan fingerprint density at radius 2 is 2.24 bits per heavy atom. The molecule has 124 valence electrons. The van der Waals surface area contributed by atoms with Gasteiger partial charge in [0.15, 0.2) is 0 Å². The zero-order valence-corrected chi connectivity index (χ0v) is 14.0. The van der Waals surface area contributed by atoms with Crippen molar-refractivity contribution in [3.63, 3.8) is 0 Å². The molecule has 1 amide bonds. The van der Waals surface area contributed by atoms with Crippen LogP contribution in [0.15, 0.2) is 45.9 Å². The maximum Gasteiger partial charge on any atom is 0.328 e. The molecule has 2 N–H and O–H groups in total. The molecule has 0 spiro atoms. The summed E-state index contributed by atoms with van der Waals surface area (Å²) in [5.41, 5.74) is 6.16. The van der Waals surface area contributed by atoms with E-state index in [2.05, 4.69) is 31.0 Å². The van der Waals surface area contributed by atoms with E-state index in [-0.39, 0.29) is 11.8 Å². The number of carbonyl (C=O) groups excluding carboxylic acids is 1. The molecule has 0 saturated carbocycles. The van der Waals surface area contributed by atoms with Crippen LogP contribution < -0.4 is 15.6 Å². The molecule has 1 aliphatic heterocycles. The molecule has 3 aromatic rings.